The molecule has 0 fully saturated rings. The molecule has 0 unspecified atom stereocenters. The molecule has 1 aliphatic rings. The van der Waals surface area contributed by atoms with E-state index in [9.17, 15) is 4.79 Å². The molecule has 0 aliphatic carbocycles. The third-order valence-corrected chi connectivity index (χ3v) is 2.62. The molecule has 0 radical (unpaired) electrons. The fourth-order valence-corrected chi connectivity index (χ4v) is 1.77. The normalized spacial score (nSPS) is 13.9. The highest BCUT2D eigenvalue weighted by Crippen LogP contribution is 2.31. The molecule has 1 aliphatic heterocycles. The van der Waals surface area contributed by atoms with Crippen LogP contribution in [0.25, 0.3) is 0 Å². The van der Waals surface area contributed by atoms with Gasteiger partial charge in [-0.1, -0.05) is 0 Å². The Morgan fingerprint density at radius 1 is 1.47 bits per heavy atom. The van der Waals surface area contributed by atoms with Gasteiger partial charge in [-0.05, 0) is 13.8 Å². The van der Waals surface area contributed by atoms with Crippen molar-refractivity contribution >= 4 is 23.4 Å². The minimum atomic E-state index is -1.05. The number of likely N-dealkylation sites (N-methyl/N-ethyl adjacent to an activating group) is 1. The van der Waals surface area contributed by atoms with Gasteiger partial charge >= 0.3 is 5.95 Å². The van der Waals surface area contributed by atoms with Crippen LogP contribution < -0.4 is 15.5 Å². The Morgan fingerprint density at radius 3 is 2.79 bits per heavy atom. The van der Waals surface area contributed by atoms with E-state index in [0.29, 0.717) is 30.5 Å². The average molecular weight is 265 g/mol. The summed E-state index contributed by atoms with van der Waals surface area (Å²) in [5.74, 6) is -0.778. The molecule has 2 heterocycles. The molecular formula is C11H15N5O3. The molecule has 4 N–H and O–H groups in total. The summed E-state index contributed by atoms with van der Waals surface area (Å²) in [5, 5.41) is 23.8. The summed E-state index contributed by atoms with van der Waals surface area (Å²) in [6.07, 6.45) is 1.48. The standard InChI is InChI=1S/C11H15N5O3/c1-3-12-11-13-5-6-8(15-11)16(4-2)9(17)7(14-6)10(18)19/h5,14,18-19H,3-4H2,1-2H3,(H,12,13,15). The number of aliphatic hydroxyl groups is 2. The molecule has 19 heavy (non-hydrogen) atoms. The van der Waals surface area contributed by atoms with E-state index in [1.165, 1.54) is 11.1 Å². The maximum Gasteiger partial charge on any atom is 0.304 e. The predicted octanol–water partition coefficient (Wildman–Crippen LogP) is 0.972. The van der Waals surface area contributed by atoms with Gasteiger partial charge in [-0.2, -0.15) is 4.98 Å². The van der Waals surface area contributed by atoms with E-state index in [2.05, 4.69) is 20.6 Å². The molecule has 1 aromatic heterocycles. The van der Waals surface area contributed by atoms with Gasteiger partial charge in [0.1, 0.15) is 5.69 Å². The number of nitrogens with zero attached hydrogens (tertiary/aromatic N) is 3. The van der Waals surface area contributed by atoms with E-state index in [1.54, 1.807) is 6.92 Å². The Balaban J connectivity index is 2.49. The van der Waals surface area contributed by atoms with E-state index >= 15 is 0 Å². The fourth-order valence-electron chi connectivity index (χ4n) is 1.77. The van der Waals surface area contributed by atoms with Gasteiger partial charge in [-0.25, -0.2) is 4.98 Å². The van der Waals surface area contributed by atoms with Crippen LogP contribution in [-0.4, -0.2) is 39.2 Å². The number of hydrogen-bond acceptors (Lipinski definition) is 7. The van der Waals surface area contributed by atoms with Gasteiger partial charge in [-0.15, -0.1) is 0 Å². The minimum absolute atomic E-state index is 0.283. The second-order valence-electron chi connectivity index (χ2n) is 3.83. The van der Waals surface area contributed by atoms with Crippen molar-refractivity contribution in [1.29, 1.82) is 0 Å². The van der Waals surface area contributed by atoms with Crippen LogP contribution in [0.1, 0.15) is 13.8 Å². The first-order chi connectivity index (χ1) is 9.08. The van der Waals surface area contributed by atoms with Crippen molar-refractivity contribution < 1.29 is 15.0 Å². The van der Waals surface area contributed by atoms with Crippen LogP contribution in [0.5, 0.6) is 0 Å². The number of carbonyl (C=O) groups excluding carboxylic acids is 1. The molecule has 0 saturated carbocycles. The molecule has 8 nitrogen and oxygen atoms in total. The predicted molar refractivity (Wildman–Crippen MR) is 70.1 cm³/mol. The van der Waals surface area contributed by atoms with Gasteiger partial charge in [0.15, 0.2) is 11.5 Å². The number of amides is 1. The molecule has 0 aromatic carbocycles. The van der Waals surface area contributed by atoms with Crippen molar-refractivity contribution in [3.05, 3.63) is 17.8 Å². The Bertz CT molecular complexity index is 539. The number of anilines is 3. The van der Waals surface area contributed by atoms with Crippen molar-refractivity contribution in [2.45, 2.75) is 13.8 Å². The quantitative estimate of drug-likeness (QED) is 0.476. The summed E-state index contributed by atoms with van der Waals surface area (Å²) in [4.78, 5) is 21.7. The lowest BCUT2D eigenvalue weighted by molar-refractivity contribution is -0.115. The van der Waals surface area contributed by atoms with E-state index in [4.69, 9.17) is 10.2 Å². The summed E-state index contributed by atoms with van der Waals surface area (Å²) in [6, 6.07) is 0. The zero-order chi connectivity index (χ0) is 14.0. The van der Waals surface area contributed by atoms with Gasteiger partial charge in [-0.3, -0.25) is 9.69 Å². The molecular weight excluding hydrogens is 250 g/mol. The second kappa shape index (κ2) is 5.01. The summed E-state index contributed by atoms with van der Waals surface area (Å²) >= 11 is 0. The van der Waals surface area contributed by atoms with E-state index in [1.807, 2.05) is 6.92 Å². The van der Waals surface area contributed by atoms with Gasteiger partial charge < -0.3 is 20.8 Å². The zero-order valence-electron chi connectivity index (χ0n) is 10.6. The first-order valence-corrected chi connectivity index (χ1v) is 5.90. The number of hydrogen-bond donors (Lipinski definition) is 4. The largest absolute Gasteiger partial charge is 0.479 e. The molecule has 0 atom stereocenters. The number of carbonyl (C=O) groups is 1. The van der Waals surface area contributed by atoms with Gasteiger partial charge in [0.25, 0.3) is 5.91 Å². The highest BCUT2D eigenvalue weighted by molar-refractivity contribution is 6.11. The zero-order valence-corrected chi connectivity index (χ0v) is 10.6. The molecule has 0 spiro atoms. The van der Waals surface area contributed by atoms with Crippen LogP contribution in [0.15, 0.2) is 17.8 Å². The smallest absolute Gasteiger partial charge is 0.304 e. The van der Waals surface area contributed by atoms with E-state index < -0.39 is 11.9 Å². The molecule has 1 aromatic rings. The van der Waals surface area contributed by atoms with Crippen molar-refractivity contribution in [1.82, 2.24) is 9.97 Å². The van der Waals surface area contributed by atoms with E-state index in [-0.39, 0.29) is 5.70 Å². The monoisotopic (exact) mass is 265 g/mol. The van der Waals surface area contributed by atoms with Crippen molar-refractivity contribution in [3.63, 3.8) is 0 Å². The van der Waals surface area contributed by atoms with Crippen molar-refractivity contribution in [2.75, 3.05) is 28.6 Å². The minimum Gasteiger partial charge on any atom is -0.479 e. The number of fused-ring (bicyclic) bond motifs is 1. The van der Waals surface area contributed by atoms with Crippen LogP contribution >= 0.6 is 0 Å². The van der Waals surface area contributed by atoms with E-state index in [0.717, 1.165) is 0 Å². The fraction of sp³-hybridized carbons (Fsp3) is 0.364. The first kappa shape index (κ1) is 12.9. The molecule has 0 saturated heterocycles. The summed E-state index contributed by atoms with van der Waals surface area (Å²) in [7, 11) is 0. The summed E-state index contributed by atoms with van der Waals surface area (Å²) in [6.45, 7) is 4.70. The Hall–Kier alpha value is -2.51. The Labute approximate surface area is 109 Å². The van der Waals surface area contributed by atoms with Gasteiger partial charge in [0.05, 0.1) is 6.20 Å². The van der Waals surface area contributed by atoms with Crippen LogP contribution in [0.3, 0.4) is 0 Å². The lowest BCUT2D eigenvalue weighted by atomic mass is 10.2. The lowest BCUT2D eigenvalue weighted by Crippen LogP contribution is -2.40. The number of aliphatic hydroxyl groups excluding tert-OH is 1. The Kier molecular flexibility index (Phi) is 3.41. The molecule has 102 valence electrons. The van der Waals surface area contributed by atoms with Crippen molar-refractivity contribution in [2.24, 2.45) is 0 Å². The Morgan fingerprint density at radius 2 is 2.21 bits per heavy atom. The highest BCUT2D eigenvalue weighted by Gasteiger charge is 2.31. The molecule has 1 amide bonds. The van der Waals surface area contributed by atoms with Crippen LogP contribution in [0, 0.1) is 0 Å². The lowest BCUT2D eigenvalue weighted by Gasteiger charge is -2.29. The maximum atomic E-state index is 12.0. The SMILES string of the molecule is CCNc1ncc2c(n1)N(CC)C(=O)C(=C(O)O)N2. The number of rotatable bonds is 3. The average Bonchev–Trinajstić information content (AvgIpc) is 2.38. The molecule has 0 bridgehead atoms. The van der Waals surface area contributed by atoms with Crippen LogP contribution in [-0.2, 0) is 4.79 Å². The summed E-state index contributed by atoms with van der Waals surface area (Å²) < 4.78 is 0. The molecule has 2 rings (SSSR count). The van der Waals surface area contributed by atoms with Gasteiger partial charge in [0.2, 0.25) is 5.95 Å². The third kappa shape index (κ3) is 2.24. The first-order valence-electron chi connectivity index (χ1n) is 5.90. The highest BCUT2D eigenvalue weighted by atomic mass is 16.5. The number of aromatic nitrogens is 2. The maximum absolute atomic E-state index is 12.0. The molecule has 8 heteroatoms. The second-order valence-corrected chi connectivity index (χ2v) is 3.83. The van der Waals surface area contributed by atoms with Crippen LogP contribution in [0.4, 0.5) is 17.5 Å². The topological polar surface area (TPSA) is 111 Å². The van der Waals surface area contributed by atoms with Crippen molar-refractivity contribution in [3.8, 4) is 0 Å². The third-order valence-electron chi connectivity index (χ3n) is 2.62. The van der Waals surface area contributed by atoms with Gasteiger partial charge in [0, 0.05) is 13.1 Å². The van der Waals surface area contributed by atoms with Crippen LogP contribution in [0.2, 0.25) is 0 Å². The summed E-state index contributed by atoms with van der Waals surface area (Å²) in [5.41, 5.74) is 0.160. The number of nitrogens with one attached hydrogen (secondary N) is 2.